The number of aromatic carboxylic acids is 1. The average Bonchev–Trinajstić information content (AvgIpc) is 2.92. The van der Waals surface area contributed by atoms with Crippen LogP contribution < -0.4 is 5.69 Å². The Hall–Kier alpha value is -2.70. The minimum absolute atomic E-state index is 0.290. The van der Waals surface area contributed by atoms with Gasteiger partial charge in [-0.1, -0.05) is 19.9 Å². The van der Waals surface area contributed by atoms with E-state index in [1.54, 1.807) is 0 Å². The van der Waals surface area contributed by atoms with Gasteiger partial charge in [0.25, 0.3) is 5.82 Å². The molecule has 0 spiro atoms. The quantitative estimate of drug-likeness (QED) is 0.758. The summed E-state index contributed by atoms with van der Waals surface area (Å²) in [5.41, 5.74) is 2.65. The molecule has 0 amide bonds. The molecule has 0 radical (unpaired) electrons. The van der Waals surface area contributed by atoms with Crippen molar-refractivity contribution in [2.45, 2.75) is 26.7 Å². The number of carboxylic acids is 1. The summed E-state index contributed by atoms with van der Waals surface area (Å²) < 4.78 is 1.02. The molecule has 0 saturated carbocycles. The van der Waals surface area contributed by atoms with Gasteiger partial charge in [0.1, 0.15) is 0 Å². The molecule has 0 fully saturated rings. The highest BCUT2D eigenvalue weighted by Crippen LogP contribution is 2.24. The van der Waals surface area contributed by atoms with E-state index >= 15 is 0 Å². The van der Waals surface area contributed by atoms with Gasteiger partial charge in [-0.3, -0.25) is 0 Å². The van der Waals surface area contributed by atoms with E-state index in [0.717, 1.165) is 33.9 Å². The second-order valence-corrected chi connectivity index (χ2v) is 4.74. The predicted molar refractivity (Wildman–Crippen MR) is 76.8 cm³/mol. The van der Waals surface area contributed by atoms with Crippen molar-refractivity contribution in [3.8, 4) is 0 Å². The van der Waals surface area contributed by atoms with E-state index in [-0.39, 0.29) is 5.82 Å². The fourth-order valence-electron chi connectivity index (χ4n) is 2.66. The Morgan fingerprint density at radius 2 is 2.10 bits per heavy atom. The van der Waals surface area contributed by atoms with Crippen molar-refractivity contribution in [3.63, 3.8) is 0 Å². The van der Waals surface area contributed by atoms with Crippen LogP contribution in [-0.4, -0.2) is 30.7 Å². The fraction of sp³-hybridized carbons (Fsp3) is 0.286. The van der Waals surface area contributed by atoms with E-state index in [1.807, 2.05) is 19.1 Å². The summed E-state index contributed by atoms with van der Waals surface area (Å²) in [6, 6.07) is 3.80. The lowest BCUT2D eigenvalue weighted by Crippen LogP contribution is -2.18. The summed E-state index contributed by atoms with van der Waals surface area (Å²) in [5, 5.41) is 13.5. The highest BCUT2D eigenvalue weighted by Gasteiger charge is 2.18. The molecule has 0 aliphatic rings. The lowest BCUT2D eigenvalue weighted by atomic mass is 9.98. The number of aryl methyl sites for hydroxylation is 2. The molecule has 0 aliphatic carbocycles. The van der Waals surface area contributed by atoms with E-state index in [2.05, 4.69) is 22.0 Å². The van der Waals surface area contributed by atoms with Crippen LogP contribution in [0, 0.1) is 0 Å². The summed E-state index contributed by atoms with van der Waals surface area (Å²) >= 11 is 0. The average molecular weight is 286 g/mol. The highest BCUT2D eigenvalue weighted by molar-refractivity contribution is 5.96. The predicted octanol–water partition coefficient (Wildman–Crippen LogP) is 1.39. The van der Waals surface area contributed by atoms with Crippen molar-refractivity contribution in [2.24, 2.45) is 0 Å². The minimum Gasteiger partial charge on any atom is -0.475 e. The maximum absolute atomic E-state index is 12.0. The molecule has 0 atom stereocenters. The summed E-state index contributed by atoms with van der Waals surface area (Å²) in [5.74, 6) is -1.63. The first-order valence-corrected chi connectivity index (χ1v) is 6.73. The summed E-state index contributed by atoms with van der Waals surface area (Å²) in [6.07, 6.45) is 1.61. The van der Waals surface area contributed by atoms with E-state index in [4.69, 9.17) is 5.11 Å². The number of rotatable bonds is 3. The molecule has 1 aromatic carbocycles. The molecule has 7 nitrogen and oxygen atoms in total. The molecule has 2 heterocycles. The van der Waals surface area contributed by atoms with Crippen LogP contribution in [0.4, 0.5) is 0 Å². The minimum atomic E-state index is -1.25. The normalized spacial score (nSPS) is 11.3. The van der Waals surface area contributed by atoms with Gasteiger partial charge >= 0.3 is 11.7 Å². The zero-order chi connectivity index (χ0) is 15.1. The monoisotopic (exact) mass is 286 g/mol. The van der Waals surface area contributed by atoms with Crippen molar-refractivity contribution < 1.29 is 9.90 Å². The molecule has 0 aliphatic heterocycles. The van der Waals surface area contributed by atoms with Crippen LogP contribution in [0.2, 0.25) is 0 Å². The third kappa shape index (κ3) is 1.89. The topological polar surface area (TPSA) is 100 Å². The van der Waals surface area contributed by atoms with Crippen LogP contribution >= 0.6 is 0 Å². The maximum Gasteiger partial charge on any atom is 0.375 e. The SMILES string of the molecule is CCc1ccc2[nH]c(=O)n3nc(C(=O)O)nc3c2c1CC. The van der Waals surface area contributed by atoms with Gasteiger partial charge in [-0.2, -0.15) is 4.52 Å². The van der Waals surface area contributed by atoms with Gasteiger partial charge < -0.3 is 10.1 Å². The number of nitrogens with zero attached hydrogens (tertiary/aromatic N) is 3. The maximum atomic E-state index is 12.0. The third-order valence-corrected chi connectivity index (χ3v) is 3.60. The van der Waals surface area contributed by atoms with Crippen molar-refractivity contribution >= 4 is 22.5 Å². The Morgan fingerprint density at radius 3 is 2.71 bits per heavy atom. The number of aromatic nitrogens is 4. The van der Waals surface area contributed by atoms with Crippen LogP contribution in [0.15, 0.2) is 16.9 Å². The molecular formula is C14H14N4O3. The van der Waals surface area contributed by atoms with E-state index in [1.165, 1.54) is 0 Å². The standard InChI is InChI=1S/C14H14N4O3/c1-3-7-5-6-9-10(8(7)4-2)12-16-11(13(19)20)17-18(12)14(21)15-9/h5-6H,3-4H2,1-2H3,(H,15,21)(H,19,20). The van der Waals surface area contributed by atoms with E-state index < -0.39 is 11.7 Å². The summed E-state index contributed by atoms with van der Waals surface area (Å²) in [6.45, 7) is 4.07. The lowest BCUT2D eigenvalue weighted by Gasteiger charge is -2.10. The lowest BCUT2D eigenvalue weighted by molar-refractivity contribution is 0.0684. The third-order valence-electron chi connectivity index (χ3n) is 3.60. The van der Waals surface area contributed by atoms with Crippen molar-refractivity contribution in [3.05, 3.63) is 39.6 Å². The largest absolute Gasteiger partial charge is 0.475 e. The van der Waals surface area contributed by atoms with Crippen LogP contribution in [0.25, 0.3) is 16.6 Å². The van der Waals surface area contributed by atoms with Crippen LogP contribution in [-0.2, 0) is 12.8 Å². The molecule has 3 aromatic rings. The second kappa shape index (κ2) is 4.69. The Balaban J connectivity index is 2.55. The summed E-state index contributed by atoms with van der Waals surface area (Å²) in [4.78, 5) is 29.8. The van der Waals surface area contributed by atoms with Gasteiger partial charge in [0.2, 0.25) is 0 Å². The fourth-order valence-corrected chi connectivity index (χ4v) is 2.66. The first-order valence-electron chi connectivity index (χ1n) is 6.73. The molecule has 3 rings (SSSR count). The number of fused-ring (bicyclic) bond motifs is 3. The molecule has 108 valence electrons. The van der Waals surface area contributed by atoms with E-state index in [0.29, 0.717) is 11.2 Å². The van der Waals surface area contributed by atoms with Crippen LogP contribution in [0.1, 0.15) is 35.6 Å². The molecule has 21 heavy (non-hydrogen) atoms. The first-order chi connectivity index (χ1) is 10.1. The summed E-state index contributed by atoms with van der Waals surface area (Å²) in [7, 11) is 0. The zero-order valence-electron chi connectivity index (χ0n) is 11.7. The Kier molecular flexibility index (Phi) is 2.97. The number of benzene rings is 1. The van der Waals surface area contributed by atoms with Gasteiger partial charge in [-0.25, -0.2) is 14.6 Å². The Labute approximate surface area is 119 Å². The van der Waals surface area contributed by atoms with Crippen molar-refractivity contribution in [1.82, 2.24) is 19.6 Å². The number of hydrogen-bond acceptors (Lipinski definition) is 4. The Morgan fingerprint density at radius 1 is 1.33 bits per heavy atom. The molecule has 0 saturated heterocycles. The number of nitrogens with one attached hydrogen (secondary N) is 1. The zero-order valence-corrected chi connectivity index (χ0v) is 11.7. The molecule has 0 bridgehead atoms. The van der Waals surface area contributed by atoms with Gasteiger partial charge in [0.05, 0.1) is 5.52 Å². The Bertz CT molecular complexity index is 923. The number of H-pyrrole nitrogens is 1. The number of carbonyl (C=O) groups is 1. The highest BCUT2D eigenvalue weighted by atomic mass is 16.4. The molecule has 2 N–H and O–H groups in total. The smallest absolute Gasteiger partial charge is 0.375 e. The van der Waals surface area contributed by atoms with E-state index in [9.17, 15) is 9.59 Å². The number of carboxylic acid groups (broad SMARTS) is 1. The molecule has 0 unspecified atom stereocenters. The number of hydrogen-bond donors (Lipinski definition) is 2. The molecule has 7 heteroatoms. The van der Waals surface area contributed by atoms with Crippen LogP contribution in [0.3, 0.4) is 0 Å². The van der Waals surface area contributed by atoms with Gasteiger partial charge in [0, 0.05) is 5.39 Å². The van der Waals surface area contributed by atoms with Gasteiger partial charge in [0.15, 0.2) is 5.65 Å². The van der Waals surface area contributed by atoms with Crippen molar-refractivity contribution in [2.75, 3.05) is 0 Å². The van der Waals surface area contributed by atoms with Gasteiger partial charge in [-0.15, -0.1) is 5.10 Å². The second-order valence-electron chi connectivity index (χ2n) is 4.74. The first kappa shape index (κ1) is 13.3. The van der Waals surface area contributed by atoms with Gasteiger partial charge in [-0.05, 0) is 30.0 Å². The van der Waals surface area contributed by atoms with Crippen molar-refractivity contribution in [1.29, 1.82) is 0 Å². The number of aromatic amines is 1. The molecular weight excluding hydrogens is 272 g/mol. The van der Waals surface area contributed by atoms with Crippen LogP contribution in [0.5, 0.6) is 0 Å². The molecule has 2 aromatic heterocycles.